The molecule has 1 N–H and O–H groups in total. The van der Waals surface area contributed by atoms with E-state index in [0.717, 1.165) is 23.3 Å². The smallest absolute Gasteiger partial charge is 0.224 e. The number of hydrogen-bond donors (Lipinski definition) is 1. The van der Waals surface area contributed by atoms with Crippen LogP contribution in [-0.4, -0.2) is 13.0 Å². The summed E-state index contributed by atoms with van der Waals surface area (Å²) in [5.74, 6) is 1.29. The molecule has 3 nitrogen and oxygen atoms in total. The first-order valence-electron chi connectivity index (χ1n) is 9.30. The van der Waals surface area contributed by atoms with Crippen LogP contribution in [0.5, 0.6) is 5.75 Å². The molecule has 0 radical (unpaired) electrons. The Hall–Kier alpha value is -3.07. The van der Waals surface area contributed by atoms with Gasteiger partial charge in [-0.1, -0.05) is 72.8 Å². The zero-order valence-corrected chi connectivity index (χ0v) is 15.3. The summed E-state index contributed by atoms with van der Waals surface area (Å²) in [6.45, 7) is 0. The fourth-order valence-electron chi connectivity index (χ4n) is 3.60. The number of amides is 1. The summed E-state index contributed by atoms with van der Waals surface area (Å²) in [6, 6.07) is 28.2. The molecule has 3 aromatic rings. The van der Waals surface area contributed by atoms with Crippen LogP contribution in [-0.2, 0) is 4.79 Å². The number of rotatable bonds is 6. The van der Waals surface area contributed by atoms with Gasteiger partial charge in [-0.05, 0) is 41.2 Å². The van der Waals surface area contributed by atoms with Gasteiger partial charge >= 0.3 is 0 Å². The summed E-state index contributed by atoms with van der Waals surface area (Å²) in [5.41, 5.74) is 3.39. The quantitative estimate of drug-likeness (QED) is 0.694. The SMILES string of the molecule is COc1ccc(C2CC2C(=O)NC(c2ccccc2)c2ccccc2)cc1. The molecule has 0 bridgehead atoms. The van der Waals surface area contributed by atoms with Crippen molar-refractivity contribution in [2.24, 2.45) is 5.92 Å². The van der Waals surface area contributed by atoms with Gasteiger partial charge in [-0.2, -0.15) is 0 Å². The first kappa shape index (κ1) is 17.3. The molecule has 1 fully saturated rings. The number of benzene rings is 3. The van der Waals surface area contributed by atoms with Crippen LogP contribution in [0.15, 0.2) is 84.9 Å². The van der Waals surface area contributed by atoms with E-state index in [1.54, 1.807) is 7.11 Å². The normalized spacial score (nSPS) is 18.1. The number of methoxy groups -OCH3 is 1. The van der Waals surface area contributed by atoms with Gasteiger partial charge in [-0.15, -0.1) is 0 Å². The predicted octanol–water partition coefficient (Wildman–Crippen LogP) is 4.70. The van der Waals surface area contributed by atoms with E-state index in [-0.39, 0.29) is 17.9 Å². The van der Waals surface area contributed by atoms with Crippen molar-refractivity contribution in [1.29, 1.82) is 0 Å². The molecule has 1 amide bonds. The van der Waals surface area contributed by atoms with Crippen LogP contribution < -0.4 is 10.1 Å². The molecule has 2 atom stereocenters. The fraction of sp³-hybridized carbons (Fsp3) is 0.208. The van der Waals surface area contributed by atoms with Gasteiger partial charge in [-0.25, -0.2) is 0 Å². The minimum absolute atomic E-state index is 0.0355. The zero-order chi connectivity index (χ0) is 18.6. The van der Waals surface area contributed by atoms with Crippen molar-refractivity contribution < 1.29 is 9.53 Å². The van der Waals surface area contributed by atoms with E-state index >= 15 is 0 Å². The van der Waals surface area contributed by atoms with E-state index in [4.69, 9.17) is 4.74 Å². The third-order valence-corrected chi connectivity index (χ3v) is 5.22. The van der Waals surface area contributed by atoms with Crippen molar-refractivity contribution >= 4 is 5.91 Å². The Morgan fingerprint density at radius 2 is 1.44 bits per heavy atom. The summed E-state index contributed by atoms with van der Waals surface area (Å²) in [7, 11) is 1.66. The van der Waals surface area contributed by atoms with Gasteiger partial charge in [0.15, 0.2) is 0 Å². The van der Waals surface area contributed by atoms with Crippen molar-refractivity contribution in [2.45, 2.75) is 18.4 Å². The molecule has 0 saturated heterocycles. The Morgan fingerprint density at radius 1 is 0.889 bits per heavy atom. The lowest BCUT2D eigenvalue weighted by atomic mass is 9.98. The second-order valence-electron chi connectivity index (χ2n) is 6.98. The number of carbonyl (C=O) groups is 1. The van der Waals surface area contributed by atoms with Crippen LogP contribution in [0.4, 0.5) is 0 Å². The van der Waals surface area contributed by atoms with E-state index in [9.17, 15) is 4.79 Å². The molecule has 2 unspecified atom stereocenters. The highest BCUT2D eigenvalue weighted by molar-refractivity contribution is 5.83. The number of carbonyl (C=O) groups excluding carboxylic acids is 1. The molecular formula is C24H23NO2. The van der Waals surface area contributed by atoms with Crippen LogP contribution in [0, 0.1) is 5.92 Å². The Morgan fingerprint density at radius 3 is 1.96 bits per heavy atom. The van der Waals surface area contributed by atoms with Crippen molar-refractivity contribution in [3.05, 3.63) is 102 Å². The number of nitrogens with one attached hydrogen (secondary N) is 1. The largest absolute Gasteiger partial charge is 0.497 e. The summed E-state index contributed by atoms with van der Waals surface area (Å²) in [4.78, 5) is 12.9. The summed E-state index contributed by atoms with van der Waals surface area (Å²) in [5, 5.41) is 3.27. The van der Waals surface area contributed by atoms with E-state index in [1.807, 2.05) is 48.5 Å². The average Bonchev–Trinajstić information content (AvgIpc) is 3.54. The van der Waals surface area contributed by atoms with Crippen LogP contribution in [0.3, 0.4) is 0 Å². The molecular weight excluding hydrogens is 334 g/mol. The maximum Gasteiger partial charge on any atom is 0.224 e. The highest BCUT2D eigenvalue weighted by Gasteiger charge is 2.44. The summed E-state index contributed by atoms with van der Waals surface area (Å²) >= 11 is 0. The first-order valence-corrected chi connectivity index (χ1v) is 9.30. The molecule has 1 aliphatic carbocycles. The standard InChI is InChI=1S/C24H23NO2/c1-27-20-14-12-17(13-15-20)21-16-22(21)24(26)25-23(18-8-4-2-5-9-18)19-10-6-3-7-11-19/h2-15,21-23H,16H2,1H3,(H,25,26). The van der Waals surface area contributed by atoms with Crippen molar-refractivity contribution in [3.63, 3.8) is 0 Å². The Balaban J connectivity index is 1.49. The molecule has 4 rings (SSSR count). The zero-order valence-electron chi connectivity index (χ0n) is 15.3. The van der Waals surface area contributed by atoms with E-state index < -0.39 is 0 Å². The molecule has 1 aliphatic rings. The van der Waals surface area contributed by atoms with E-state index in [1.165, 1.54) is 5.56 Å². The summed E-state index contributed by atoms with van der Waals surface area (Å²) in [6.07, 6.45) is 0.897. The molecule has 27 heavy (non-hydrogen) atoms. The van der Waals surface area contributed by atoms with E-state index in [2.05, 4.69) is 41.7 Å². The van der Waals surface area contributed by atoms with Gasteiger partial charge in [0.05, 0.1) is 13.2 Å². The first-order chi connectivity index (χ1) is 13.3. The molecule has 0 spiro atoms. The van der Waals surface area contributed by atoms with Crippen LogP contribution >= 0.6 is 0 Å². The average molecular weight is 357 g/mol. The number of hydrogen-bond acceptors (Lipinski definition) is 2. The summed E-state index contributed by atoms with van der Waals surface area (Å²) < 4.78 is 5.21. The highest BCUT2D eigenvalue weighted by atomic mass is 16.5. The second-order valence-corrected chi connectivity index (χ2v) is 6.98. The van der Waals surface area contributed by atoms with Gasteiger partial charge in [-0.3, -0.25) is 4.79 Å². The molecule has 3 aromatic carbocycles. The minimum atomic E-state index is -0.128. The number of ether oxygens (including phenoxy) is 1. The predicted molar refractivity (Wildman–Crippen MR) is 107 cm³/mol. The minimum Gasteiger partial charge on any atom is -0.497 e. The Labute approximate surface area is 160 Å². The van der Waals surface area contributed by atoms with Crippen LogP contribution in [0.1, 0.15) is 35.1 Å². The van der Waals surface area contributed by atoms with E-state index in [0.29, 0.717) is 5.92 Å². The third kappa shape index (κ3) is 3.87. The van der Waals surface area contributed by atoms with Crippen LogP contribution in [0.2, 0.25) is 0 Å². The Kier molecular flexibility index (Phi) is 4.93. The molecule has 136 valence electrons. The Bertz CT molecular complexity index is 851. The molecule has 3 heteroatoms. The lowest BCUT2D eigenvalue weighted by molar-refractivity contribution is -0.122. The monoisotopic (exact) mass is 357 g/mol. The maximum absolute atomic E-state index is 12.9. The lowest BCUT2D eigenvalue weighted by Crippen LogP contribution is -2.30. The molecule has 1 saturated carbocycles. The fourth-order valence-corrected chi connectivity index (χ4v) is 3.60. The van der Waals surface area contributed by atoms with Crippen LogP contribution in [0.25, 0.3) is 0 Å². The van der Waals surface area contributed by atoms with Gasteiger partial charge in [0, 0.05) is 5.92 Å². The third-order valence-electron chi connectivity index (χ3n) is 5.22. The van der Waals surface area contributed by atoms with Gasteiger partial charge in [0.1, 0.15) is 5.75 Å². The van der Waals surface area contributed by atoms with Gasteiger partial charge in [0.2, 0.25) is 5.91 Å². The van der Waals surface area contributed by atoms with Gasteiger partial charge in [0.25, 0.3) is 0 Å². The molecule has 0 aromatic heterocycles. The van der Waals surface area contributed by atoms with Gasteiger partial charge < -0.3 is 10.1 Å². The highest BCUT2D eigenvalue weighted by Crippen LogP contribution is 2.48. The topological polar surface area (TPSA) is 38.3 Å². The molecule has 0 aliphatic heterocycles. The second kappa shape index (κ2) is 7.67. The van der Waals surface area contributed by atoms with Crippen molar-refractivity contribution in [3.8, 4) is 5.75 Å². The lowest BCUT2D eigenvalue weighted by Gasteiger charge is -2.20. The van der Waals surface area contributed by atoms with Crippen molar-refractivity contribution in [2.75, 3.05) is 7.11 Å². The van der Waals surface area contributed by atoms with Crippen molar-refractivity contribution in [1.82, 2.24) is 5.32 Å². The maximum atomic E-state index is 12.9. The molecule has 0 heterocycles.